The molecule has 1 aromatic carbocycles. The number of benzene rings is 1. The number of phenolic OH excluding ortho intramolecular Hbond substituents is 1. The van der Waals surface area contributed by atoms with Gasteiger partial charge in [-0.1, -0.05) is 0 Å². The van der Waals surface area contributed by atoms with E-state index in [1.54, 1.807) is 0 Å². The highest BCUT2D eigenvalue weighted by atomic mass is 19.2. The minimum absolute atomic E-state index is 0.000139. The van der Waals surface area contributed by atoms with Gasteiger partial charge in [0.25, 0.3) is 0 Å². The minimum atomic E-state index is -1.17. The molecule has 0 aromatic heterocycles. The smallest absolute Gasteiger partial charge is 0.303 e. The van der Waals surface area contributed by atoms with Crippen LogP contribution < -0.4 is 5.73 Å². The normalized spacial score (nSPS) is 12.4. The molecule has 0 radical (unpaired) electrons. The van der Waals surface area contributed by atoms with Gasteiger partial charge in [0.2, 0.25) is 0 Å². The SMILES string of the molecule is NC(CCC(=O)O)c1cc(F)c(F)cc1O. The molecule has 0 heterocycles. The molecule has 0 spiro atoms. The summed E-state index contributed by atoms with van der Waals surface area (Å²) in [4.78, 5) is 10.3. The molecular weight excluding hydrogens is 220 g/mol. The molecule has 0 saturated carbocycles. The molecule has 0 fully saturated rings. The highest BCUT2D eigenvalue weighted by molar-refractivity contribution is 5.66. The minimum Gasteiger partial charge on any atom is -0.507 e. The molecule has 0 amide bonds. The van der Waals surface area contributed by atoms with Crippen LogP contribution >= 0.6 is 0 Å². The zero-order valence-corrected chi connectivity index (χ0v) is 8.28. The quantitative estimate of drug-likeness (QED) is 0.733. The first-order chi connectivity index (χ1) is 7.41. The van der Waals surface area contributed by atoms with E-state index >= 15 is 0 Å². The number of aliphatic carboxylic acids is 1. The zero-order valence-electron chi connectivity index (χ0n) is 8.28. The average Bonchev–Trinajstić information content (AvgIpc) is 2.20. The second kappa shape index (κ2) is 4.89. The van der Waals surface area contributed by atoms with Gasteiger partial charge in [-0.15, -0.1) is 0 Å². The topological polar surface area (TPSA) is 83.6 Å². The number of halogens is 2. The summed E-state index contributed by atoms with van der Waals surface area (Å²) in [7, 11) is 0. The molecule has 4 N–H and O–H groups in total. The fraction of sp³-hybridized carbons (Fsp3) is 0.300. The van der Waals surface area contributed by atoms with Crippen LogP contribution in [0.2, 0.25) is 0 Å². The number of hydrogen-bond acceptors (Lipinski definition) is 3. The maximum Gasteiger partial charge on any atom is 0.303 e. The maximum atomic E-state index is 12.9. The van der Waals surface area contributed by atoms with Crippen molar-refractivity contribution in [2.75, 3.05) is 0 Å². The molecule has 16 heavy (non-hydrogen) atoms. The number of carboxylic acids is 1. The summed E-state index contributed by atoms with van der Waals surface area (Å²) < 4.78 is 25.5. The van der Waals surface area contributed by atoms with Crippen molar-refractivity contribution in [2.45, 2.75) is 18.9 Å². The number of phenols is 1. The van der Waals surface area contributed by atoms with Crippen molar-refractivity contribution >= 4 is 5.97 Å². The van der Waals surface area contributed by atoms with Crippen LogP contribution in [-0.2, 0) is 4.79 Å². The monoisotopic (exact) mass is 231 g/mol. The molecule has 1 atom stereocenters. The molecule has 1 rings (SSSR count). The molecule has 6 heteroatoms. The van der Waals surface area contributed by atoms with E-state index in [1.165, 1.54) is 0 Å². The molecule has 0 aliphatic carbocycles. The number of carboxylic acid groups (broad SMARTS) is 1. The van der Waals surface area contributed by atoms with Crippen molar-refractivity contribution in [3.63, 3.8) is 0 Å². The van der Waals surface area contributed by atoms with Crippen molar-refractivity contribution in [3.05, 3.63) is 29.3 Å². The van der Waals surface area contributed by atoms with E-state index in [1.807, 2.05) is 0 Å². The average molecular weight is 231 g/mol. The van der Waals surface area contributed by atoms with E-state index in [-0.39, 0.29) is 18.4 Å². The zero-order chi connectivity index (χ0) is 12.3. The molecule has 4 nitrogen and oxygen atoms in total. The summed E-state index contributed by atoms with van der Waals surface area (Å²) in [6.45, 7) is 0. The van der Waals surface area contributed by atoms with Crippen LogP contribution in [0, 0.1) is 11.6 Å². The van der Waals surface area contributed by atoms with Crippen LogP contribution in [0.15, 0.2) is 12.1 Å². The fourth-order valence-electron chi connectivity index (χ4n) is 1.28. The predicted molar refractivity (Wildman–Crippen MR) is 51.8 cm³/mol. The Balaban J connectivity index is 2.86. The summed E-state index contributed by atoms with van der Waals surface area (Å²) >= 11 is 0. The van der Waals surface area contributed by atoms with Crippen molar-refractivity contribution in [1.29, 1.82) is 0 Å². The van der Waals surface area contributed by atoms with Gasteiger partial charge < -0.3 is 15.9 Å². The number of aromatic hydroxyl groups is 1. The van der Waals surface area contributed by atoms with Crippen molar-refractivity contribution in [2.24, 2.45) is 5.73 Å². The molecule has 0 bridgehead atoms. The third-order valence-electron chi connectivity index (χ3n) is 2.14. The van der Waals surface area contributed by atoms with Gasteiger partial charge in [-0.3, -0.25) is 4.79 Å². The van der Waals surface area contributed by atoms with E-state index in [0.717, 1.165) is 6.07 Å². The Labute approximate surface area is 90.3 Å². The summed E-state index contributed by atoms with van der Waals surface area (Å²) in [6.07, 6.45) is -0.173. The van der Waals surface area contributed by atoms with E-state index in [9.17, 15) is 18.7 Å². The molecule has 0 aliphatic heterocycles. The van der Waals surface area contributed by atoms with Gasteiger partial charge in [0.05, 0.1) is 0 Å². The van der Waals surface area contributed by atoms with Crippen LogP contribution in [-0.4, -0.2) is 16.2 Å². The van der Waals surface area contributed by atoms with Crippen molar-refractivity contribution in [3.8, 4) is 5.75 Å². The lowest BCUT2D eigenvalue weighted by atomic mass is 10.0. The van der Waals surface area contributed by atoms with Crippen LogP contribution in [0.5, 0.6) is 5.75 Å². The fourth-order valence-corrected chi connectivity index (χ4v) is 1.28. The Morgan fingerprint density at radius 3 is 2.50 bits per heavy atom. The van der Waals surface area contributed by atoms with Gasteiger partial charge in [-0.2, -0.15) is 0 Å². The highest BCUT2D eigenvalue weighted by Gasteiger charge is 2.16. The Bertz CT molecular complexity index is 409. The summed E-state index contributed by atoms with van der Waals surface area (Å²) in [5.41, 5.74) is 5.55. The Morgan fingerprint density at radius 1 is 1.38 bits per heavy atom. The lowest BCUT2D eigenvalue weighted by Crippen LogP contribution is -2.13. The van der Waals surface area contributed by atoms with Crippen molar-refractivity contribution < 1.29 is 23.8 Å². The van der Waals surface area contributed by atoms with E-state index in [4.69, 9.17) is 10.8 Å². The number of hydrogen-bond donors (Lipinski definition) is 3. The Hall–Kier alpha value is -1.69. The first-order valence-corrected chi connectivity index (χ1v) is 4.57. The van der Waals surface area contributed by atoms with Gasteiger partial charge in [-0.25, -0.2) is 8.78 Å². The number of rotatable bonds is 4. The van der Waals surface area contributed by atoms with Gasteiger partial charge >= 0.3 is 5.97 Å². The summed E-state index contributed by atoms with van der Waals surface area (Å²) in [6, 6.07) is 0.550. The molecule has 0 aliphatic rings. The van der Waals surface area contributed by atoms with E-state index in [2.05, 4.69) is 0 Å². The molecule has 1 aromatic rings. The molecular formula is C10H11F2NO3. The van der Waals surface area contributed by atoms with Crippen LogP contribution in [0.25, 0.3) is 0 Å². The first-order valence-electron chi connectivity index (χ1n) is 4.57. The lowest BCUT2D eigenvalue weighted by molar-refractivity contribution is -0.137. The summed E-state index contributed by atoms with van der Waals surface area (Å²) in [5, 5.41) is 17.7. The van der Waals surface area contributed by atoms with Gasteiger partial charge in [-0.05, 0) is 12.5 Å². The van der Waals surface area contributed by atoms with Gasteiger partial charge in [0.15, 0.2) is 11.6 Å². The Kier molecular flexibility index (Phi) is 3.78. The number of carbonyl (C=O) groups is 1. The molecule has 1 unspecified atom stereocenters. The third-order valence-corrected chi connectivity index (χ3v) is 2.14. The van der Waals surface area contributed by atoms with Crippen LogP contribution in [0.1, 0.15) is 24.4 Å². The summed E-state index contributed by atoms with van der Waals surface area (Å²) in [5.74, 6) is -3.82. The number of nitrogens with two attached hydrogens (primary N) is 1. The second-order valence-corrected chi connectivity index (χ2v) is 3.36. The highest BCUT2D eigenvalue weighted by Crippen LogP contribution is 2.27. The van der Waals surface area contributed by atoms with E-state index in [0.29, 0.717) is 6.07 Å². The Morgan fingerprint density at radius 2 is 1.94 bits per heavy atom. The molecule has 0 saturated heterocycles. The second-order valence-electron chi connectivity index (χ2n) is 3.36. The predicted octanol–water partition coefficient (Wildman–Crippen LogP) is 1.53. The lowest BCUT2D eigenvalue weighted by Gasteiger charge is -2.12. The maximum absolute atomic E-state index is 12.9. The van der Waals surface area contributed by atoms with Crippen LogP contribution in [0.3, 0.4) is 0 Å². The standard InChI is InChI=1S/C10H11F2NO3/c11-6-3-5(9(14)4-7(6)12)8(13)1-2-10(15)16/h3-4,8,14H,1-2,13H2,(H,15,16). The third kappa shape index (κ3) is 2.90. The first kappa shape index (κ1) is 12.4. The van der Waals surface area contributed by atoms with Crippen molar-refractivity contribution in [1.82, 2.24) is 0 Å². The van der Waals surface area contributed by atoms with Crippen LogP contribution in [0.4, 0.5) is 8.78 Å². The van der Waals surface area contributed by atoms with Gasteiger partial charge in [0.1, 0.15) is 5.75 Å². The molecule has 88 valence electrons. The van der Waals surface area contributed by atoms with Gasteiger partial charge in [0, 0.05) is 24.1 Å². The largest absolute Gasteiger partial charge is 0.507 e. The van der Waals surface area contributed by atoms with E-state index < -0.39 is 29.4 Å².